The molecule has 1 aromatic heterocycles. The number of benzene rings is 2. The van der Waals surface area contributed by atoms with Crippen molar-refractivity contribution in [3.8, 4) is 5.75 Å². The van der Waals surface area contributed by atoms with Crippen LogP contribution in [0.2, 0.25) is 0 Å². The molecule has 2 aromatic carbocycles. The van der Waals surface area contributed by atoms with Gasteiger partial charge in [0.15, 0.2) is 0 Å². The molecule has 1 aliphatic heterocycles. The first-order valence-electron chi connectivity index (χ1n) is 11.6. The molecule has 0 atom stereocenters. The van der Waals surface area contributed by atoms with E-state index in [1.54, 1.807) is 13.2 Å². The van der Waals surface area contributed by atoms with Crippen molar-refractivity contribution in [2.75, 3.05) is 38.2 Å². The van der Waals surface area contributed by atoms with Crippen molar-refractivity contribution in [1.82, 2.24) is 4.90 Å². The molecule has 0 N–H and O–H groups in total. The van der Waals surface area contributed by atoms with E-state index in [2.05, 4.69) is 49.9 Å². The summed E-state index contributed by atoms with van der Waals surface area (Å²) in [6.07, 6.45) is 1.75. The van der Waals surface area contributed by atoms with Crippen LogP contribution in [0.4, 0.5) is 5.69 Å². The van der Waals surface area contributed by atoms with Gasteiger partial charge in [-0.2, -0.15) is 0 Å². The number of hydrogen-bond acceptors (Lipinski definition) is 4. The first kappa shape index (κ1) is 23.0. The molecule has 174 valence electrons. The molecule has 0 spiro atoms. The van der Waals surface area contributed by atoms with Crippen molar-refractivity contribution >= 4 is 28.1 Å². The number of nitrogens with zero attached hydrogens (tertiary/aromatic N) is 2. The van der Waals surface area contributed by atoms with Crippen LogP contribution in [-0.2, 0) is 4.79 Å². The predicted molar refractivity (Wildman–Crippen MR) is 135 cm³/mol. The normalized spacial score (nSPS) is 14.8. The van der Waals surface area contributed by atoms with Gasteiger partial charge in [0.2, 0.25) is 5.91 Å². The Labute approximate surface area is 196 Å². The number of fused-ring (bicyclic) bond motifs is 1. The molecule has 1 fully saturated rings. The molecular formula is C28H34N2O3. The Morgan fingerprint density at radius 2 is 1.70 bits per heavy atom. The van der Waals surface area contributed by atoms with Crippen molar-refractivity contribution in [3.63, 3.8) is 0 Å². The number of carbonyl (C=O) groups excluding carboxylic acids is 1. The van der Waals surface area contributed by atoms with E-state index in [0.717, 1.165) is 57.8 Å². The quantitative estimate of drug-likeness (QED) is 0.480. The summed E-state index contributed by atoms with van der Waals surface area (Å²) in [6.45, 7) is 15.4. The fourth-order valence-corrected chi connectivity index (χ4v) is 4.75. The molecule has 5 nitrogen and oxygen atoms in total. The van der Waals surface area contributed by atoms with Crippen LogP contribution in [0.25, 0.3) is 16.5 Å². The lowest BCUT2D eigenvalue weighted by atomic mass is 9.98. The van der Waals surface area contributed by atoms with Crippen LogP contribution >= 0.6 is 0 Å². The summed E-state index contributed by atoms with van der Waals surface area (Å²) in [4.78, 5) is 17.5. The van der Waals surface area contributed by atoms with E-state index < -0.39 is 0 Å². The number of furan rings is 1. The number of methoxy groups -OCH3 is 1. The molecule has 1 amide bonds. The number of anilines is 1. The molecule has 0 aliphatic carbocycles. The van der Waals surface area contributed by atoms with Crippen LogP contribution in [-0.4, -0.2) is 44.1 Å². The molecule has 3 aromatic rings. The average Bonchev–Trinajstić information content (AvgIpc) is 3.09. The zero-order valence-electron chi connectivity index (χ0n) is 20.8. The number of carbonyl (C=O) groups is 1. The fourth-order valence-electron chi connectivity index (χ4n) is 4.75. The Kier molecular flexibility index (Phi) is 6.24. The maximum Gasteiger partial charge on any atom is 0.246 e. The third-order valence-electron chi connectivity index (χ3n) is 6.91. The van der Waals surface area contributed by atoms with E-state index in [1.165, 1.54) is 16.8 Å². The minimum absolute atomic E-state index is 0.0491. The number of piperazine rings is 1. The second kappa shape index (κ2) is 8.97. The zero-order chi connectivity index (χ0) is 23.9. The van der Waals surface area contributed by atoms with Gasteiger partial charge in [-0.05, 0) is 75.9 Å². The summed E-state index contributed by atoms with van der Waals surface area (Å²) in [7, 11) is 1.67. The van der Waals surface area contributed by atoms with E-state index in [0.29, 0.717) is 13.1 Å². The molecule has 1 aliphatic rings. The lowest BCUT2D eigenvalue weighted by Crippen LogP contribution is -2.48. The molecule has 33 heavy (non-hydrogen) atoms. The smallest absolute Gasteiger partial charge is 0.246 e. The Morgan fingerprint density at radius 3 is 2.36 bits per heavy atom. The Bertz CT molecular complexity index is 1240. The van der Waals surface area contributed by atoms with Crippen LogP contribution < -0.4 is 9.64 Å². The van der Waals surface area contributed by atoms with E-state index in [-0.39, 0.29) is 5.91 Å². The predicted octanol–water partition coefficient (Wildman–Crippen LogP) is 5.74. The van der Waals surface area contributed by atoms with Gasteiger partial charge < -0.3 is 19.0 Å². The summed E-state index contributed by atoms with van der Waals surface area (Å²) in [5.74, 6) is 1.72. The van der Waals surface area contributed by atoms with Gasteiger partial charge in [-0.25, -0.2) is 0 Å². The fraction of sp³-hybridized carbons (Fsp3) is 0.393. The number of amides is 1. The van der Waals surface area contributed by atoms with E-state index in [9.17, 15) is 4.79 Å². The minimum Gasteiger partial charge on any atom is -0.496 e. The molecule has 0 radical (unpaired) electrons. The molecule has 1 saturated heterocycles. The molecule has 5 heteroatoms. The maximum absolute atomic E-state index is 13.1. The largest absolute Gasteiger partial charge is 0.496 e. The summed E-state index contributed by atoms with van der Waals surface area (Å²) >= 11 is 0. The van der Waals surface area contributed by atoms with Gasteiger partial charge in [0, 0.05) is 54.5 Å². The highest BCUT2D eigenvalue weighted by Crippen LogP contribution is 2.38. The van der Waals surface area contributed by atoms with Crippen LogP contribution in [0.15, 0.2) is 34.8 Å². The second-order valence-electron chi connectivity index (χ2n) is 9.17. The van der Waals surface area contributed by atoms with Crippen molar-refractivity contribution in [2.45, 2.75) is 41.5 Å². The molecule has 0 unspecified atom stereocenters. The molecule has 0 saturated carbocycles. The van der Waals surface area contributed by atoms with Gasteiger partial charge in [0.25, 0.3) is 0 Å². The van der Waals surface area contributed by atoms with Gasteiger partial charge in [0.05, 0.1) is 7.11 Å². The molecule has 4 rings (SSSR count). The summed E-state index contributed by atoms with van der Waals surface area (Å²) in [5.41, 5.74) is 8.59. The van der Waals surface area contributed by atoms with Crippen molar-refractivity contribution in [3.05, 3.63) is 63.9 Å². The highest BCUT2D eigenvalue weighted by molar-refractivity contribution is 5.98. The van der Waals surface area contributed by atoms with Crippen LogP contribution in [0.1, 0.15) is 40.5 Å². The highest BCUT2D eigenvalue weighted by atomic mass is 16.5. The van der Waals surface area contributed by atoms with Gasteiger partial charge in [0.1, 0.15) is 17.1 Å². The van der Waals surface area contributed by atoms with Gasteiger partial charge in [-0.1, -0.05) is 12.1 Å². The lowest BCUT2D eigenvalue weighted by molar-refractivity contribution is -0.126. The lowest BCUT2D eigenvalue weighted by Gasteiger charge is -2.36. The number of ether oxygens (including phenoxy) is 1. The zero-order valence-corrected chi connectivity index (χ0v) is 20.8. The van der Waals surface area contributed by atoms with Crippen molar-refractivity contribution < 1.29 is 13.9 Å². The third-order valence-corrected chi connectivity index (χ3v) is 6.91. The van der Waals surface area contributed by atoms with E-state index in [4.69, 9.17) is 9.15 Å². The van der Waals surface area contributed by atoms with Gasteiger partial charge in [-0.3, -0.25) is 4.79 Å². The number of aryl methyl sites for hydroxylation is 5. The first-order valence-corrected chi connectivity index (χ1v) is 11.6. The summed E-state index contributed by atoms with van der Waals surface area (Å²) in [6, 6.07) is 8.64. The standard InChI is InChI=1S/C28H34N2O3/c1-17-8-9-18(2)25(14-17)29-10-12-30(13-11-29)26(31)15-19(3)23-16-24-20(4)22(6)33-28(24)21(5)27(23)32-7/h8-9,14-16H,10-13H2,1-7H3/b19-15+. The Balaban J connectivity index is 1.55. The van der Waals surface area contributed by atoms with Crippen LogP contribution in [0, 0.1) is 34.6 Å². The molecular weight excluding hydrogens is 412 g/mol. The van der Waals surface area contributed by atoms with E-state index >= 15 is 0 Å². The van der Waals surface area contributed by atoms with Crippen molar-refractivity contribution in [2.24, 2.45) is 0 Å². The number of allylic oxidation sites excluding steroid dienone is 1. The minimum atomic E-state index is 0.0491. The van der Waals surface area contributed by atoms with Crippen molar-refractivity contribution in [1.29, 1.82) is 0 Å². The molecule has 2 heterocycles. The third kappa shape index (κ3) is 4.24. The number of rotatable bonds is 4. The summed E-state index contributed by atoms with van der Waals surface area (Å²) in [5, 5.41) is 1.07. The average molecular weight is 447 g/mol. The monoisotopic (exact) mass is 446 g/mol. The number of hydrogen-bond donors (Lipinski definition) is 0. The van der Waals surface area contributed by atoms with Crippen LogP contribution in [0.5, 0.6) is 5.75 Å². The maximum atomic E-state index is 13.1. The first-order chi connectivity index (χ1) is 15.7. The molecule has 0 bridgehead atoms. The topological polar surface area (TPSA) is 45.9 Å². The van der Waals surface area contributed by atoms with E-state index in [1.807, 2.05) is 25.7 Å². The summed E-state index contributed by atoms with van der Waals surface area (Å²) < 4.78 is 11.7. The van der Waals surface area contributed by atoms with Crippen LogP contribution in [0.3, 0.4) is 0 Å². The second-order valence-corrected chi connectivity index (χ2v) is 9.17. The Hall–Kier alpha value is -3.21. The van der Waals surface area contributed by atoms with Gasteiger partial charge >= 0.3 is 0 Å². The van der Waals surface area contributed by atoms with Gasteiger partial charge in [-0.15, -0.1) is 0 Å². The SMILES string of the molecule is COc1c(/C(C)=C/C(=O)N2CCN(c3cc(C)ccc3C)CC2)cc2c(C)c(C)oc2c1C. The Morgan fingerprint density at radius 1 is 1.00 bits per heavy atom. The highest BCUT2D eigenvalue weighted by Gasteiger charge is 2.23.